The third kappa shape index (κ3) is 7.65. The monoisotopic (exact) mass is 351 g/mol. The Balaban J connectivity index is 2.70. The summed E-state index contributed by atoms with van der Waals surface area (Å²) in [6, 6.07) is 5.85. The molecule has 0 bridgehead atoms. The highest BCUT2D eigenvalue weighted by Crippen LogP contribution is 2.25. The van der Waals surface area contributed by atoms with Crippen LogP contribution in [0.1, 0.15) is 26.3 Å². The highest BCUT2D eigenvalue weighted by molar-refractivity contribution is 5.79. The molecule has 0 atom stereocenters. The van der Waals surface area contributed by atoms with Gasteiger partial charge in [0, 0.05) is 38.4 Å². The van der Waals surface area contributed by atoms with Crippen molar-refractivity contribution in [1.82, 2.24) is 10.2 Å². The predicted molar refractivity (Wildman–Crippen MR) is 103 cm³/mol. The van der Waals surface area contributed by atoms with E-state index in [9.17, 15) is 0 Å². The van der Waals surface area contributed by atoms with Crippen molar-refractivity contribution in [1.29, 1.82) is 0 Å². The molecule has 0 saturated heterocycles. The summed E-state index contributed by atoms with van der Waals surface area (Å²) in [6.07, 6.45) is 0. The summed E-state index contributed by atoms with van der Waals surface area (Å²) < 4.78 is 16.3. The number of nitrogens with zero attached hydrogens (tertiary/aromatic N) is 2. The van der Waals surface area contributed by atoms with Gasteiger partial charge < -0.3 is 24.4 Å². The summed E-state index contributed by atoms with van der Waals surface area (Å²) in [5, 5.41) is 3.32. The van der Waals surface area contributed by atoms with E-state index in [0.717, 1.165) is 36.2 Å². The van der Waals surface area contributed by atoms with Gasteiger partial charge in [0.2, 0.25) is 0 Å². The Morgan fingerprint density at radius 2 is 2.00 bits per heavy atom. The molecule has 1 aromatic carbocycles. The van der Waals surface area contributed by atoms with Crippen molar-refractivity contribution in [2.45, 2.75) is 27.3 Å². The number of benzene rings is 1. The van der Waals surface area contributed by atoms with E-state index in [1.165, 1.54) is 0 Å². The Labute approximate surface area is 152 Å². The van der Waals surface area contributed by atoms with E-state index >= 15 is 0 Å². The minimum Gasteiger partial charge on any atom is -0.497 e. The molecular weight excluding hydrogens is 318 g/mol. The van der Waals surface area contributed by atoms with Crippen LogP contribution >= 0.6 is 0 Å². The van der Waals surface area contributed by atoms with Crippen molar-refractivity contribution >= 4 is 5.96 Å². The fraction of sp³-hybridized carbons (Fsp3) is 0.632. The molecular formula is C19H33N3O3. The lowest BCUT2D eigenvalue weighted by molar-refractivity contribution is 0.116. The maximum absolute atomic E-state index is 5.60. The summed E-state index contributed by atoms with van der Waals surface area (Å²) in [7, 11) is 5.33. The number of guanidine groups is 1. The first-order valence-electron chi connectivity index (χ1n) is 8.79. The highest BCUT2D eigenvalue weighted by Gasteiger charge is 2.11. The molecule has 0 amide bonds. The van der Waals surface area contributed by atoms with E-state index in [-0.39, 0.29) is 0 Å². The second kappa shape index (κ2) is 11.6. The third-order valence-electron chi connectivity index (χ3n) is 3.55. The van der Waals surface area contributed by atoms with Crippen LogP contribution < -0.4 is 14.8 Å². The second-order valence-corrected chi connectivity index (χ2v) is 6.24. The van der Waals surface area contributed by atoms with E-state index in [1.807, 2.05) is 25.2 Å². The lowest BCUT2D eigenvalue weighted by Gasteiger charge is -2.23. The van der Waals surface area contributed by atoms with Crippen LogP contribution in [-0.2, 0) is 11.3 Å². The second-order valence-electron chi connectivity index (χ2n) is 6.24. The molecule has 6 heteroatoms. The molecule has 1 aromatic rings. The molecule has 1 rings (SSSR count). The Kier molecular flexibility index (Phi) is 9.77. The van der Waals surface area contributed by atoms with Crippen molar-refractivity contribution in [2.24, 2.45) is 10.9 Å². The van der Waals surface area contributed by atoms with Crippen LogP contribution in [0, 0.1) is 5.92 Å². The molecule has 25 heavy (non-hydrogen) atoms. The molecule has 1 N–H and O–H groups in total. The van der Waals surface area contributed by atoms with Gasteiger partial charge in [-0.2, -0.15) is 0 Å². The van der Waals surface area contributed by atoms with Gasteiger partial charge >= 0.3 is 0 Å². The number of nitrogens with one attached hydrogen (secondary N) is 1. The van der Waals surface area contributed by atoms with Crippen molar-refractivity contribution in [3.63, 3.8) is 0 Å². The van der Waals surface area contributed by atoms with Crippen molar-refractivity contribution in [2.75, 3.05) is 47.6 Å². The van der Waals surface area contributed by atoms with Crippen LogP contribution in [0.4, 0.5) is 0 Å². The lowest BCUT2D eigenvalue weighted by Crippen LogP contribution is -2.38. The normalized spacial score (nSPS) is 11.6. The summed E-state index contributed by atoms with van der Waals surface area (Å²) in [5.74, 6) is 2.99. The number of hydrogen-bond acceptors (Lipinski definition) is 4. The van der Waals surface area contributed by atoms with Crippen LogP contribution in [0.2, 0.25) is 0 Å². The van der Waals surface area contributed by atoms with Crippen LogP contribution in [0.25, 0.3) is 0 Å². The fourth-order valence-corrected chi connectivity index (χ4v) is 2.32. The van der Waals surface area contributed by atoms with E-state index in [0.29, 0.717) is 25.6 Å². The van der Waals surface area contributed by atoms with Gasteiger partial charge in [-0.05, 0) is 25.0 Å². The van der Waals surface area contributed by atoms with Crippen molar-refractivity contribution in [3.05, 3.63) is 23.8 Å². The van der Waals surface area contributed by atoms with Gasteiger partial charge in [0.1, 0.15) is 11.5 Å². The molecule has 142 valence electrons. The Morgan fingerprint density at radius 1 is 1.24 bits per heavy atom. The first-order chi connectivity index (χ1) is 12.0. The maximum Gasteiger partial charge on any atom is 0.194 e. The summed E-state index contributed by atoms with van der Waals surface area (Å²) in [5.41, 5.74) is 1.08. The molecule has 0 aromatic heterocycles. The summed E-state index contributed by atoms with van der Waals surface area (Å²) >= 11 is 0. The highest BCUT2D eigenvalue weighted by atomic mass is 16.5. The molecule has 0 aliphatic carbocycles. The SMILES string of the molecule is CCNC(=NCCOCC(C)C)N(C)Cc1ccc(OC)cc1OC. The molecule has 6 nitrogen and oxygen atoms in total. The zero-order valence-electron chi connectivity index (χ0n) is 16.5. The zero-order chi connectivity index (χ0) is 18.7. The number of ether oxygens (including phenoxy) is 3. The standard InChI is InChI=1S/C19H33N3O3/c1-7-20-19(21-10-11-25-14-15(2)3)22(4)13-16-8-9-17(23-5)12-18(16)24-6/h8-9,12,15H,7,10-11,13-14H2,1-6H3,(H,20,21). The Hall–Kier alpha value is -1.95. The molecule has 0 radical (unpaired) electrons. The molecule has 0 aliphatic rings. The van der Waals surface area contributed by atoms with Gasteiger partial charge in [-0.3, -0.25) is 4.99 Å². The quantitative estimate of drug-likeness (QED) is 0.399. The molecule has 0 saturated carbocycles. The average molecular weight is 351 g/mol. The Bertz CT molecular complexity index is 533. The van der Waals surface area contributed by atoms with Crippen LogP contribution in [0.5, 0.6) is 11.5 Å². The molecule has 0 fully saturated rings. The molecule has 0 aliphatic heterocycles. The number of aliphatic imine (C=N–C) groups is 1. The summed E-state index contributed by atoms with van der Waals surface area (Å²) in [6.45, 7) is 9.89. The van der Waals surface area contributed by atoms with Gasteiger partial charge in [-0.15, -0.1) is 0 Å². The first-order valence-corrected chi connectivity index (χ1v) is 8.79. The first kappa shape index (κ1) is 21.1. The third-order valence-corrected chi connectivity index (χ3v) is 3.55. The van der Waals surface area contributed by atoms with Crippen LogP contribution in [0.15, 0.2) is 23.2 Å². The number of rotatable bonds is 10. The van der Waals surface area contributed by atoms with Gasteiger partial charge in [0.05, 0.1) is 27.4 Å². The smallest absolute Gasteiger partial charge is 0.194 e. The average Bonchev–Trinajstić information content (AvgIpc) is 2.60. The van der Waals surface area contributed by atoms with Crippen molar-refractivity contribution < 1.29 is 14.2 Å². The minimum atomic E-state index is 0.544. The van der Waals surface area contributed by atoms with E-state index in [1.54, 1.807) is 14.2 Å². The topological polar surface area (TPSA) is 55.3 Å². The van der Waals surface area contributed by atoms with Gasteiger partial charge in [0.15, 0.2) is 5.96 Å². The summed E-state index contributed by atoms with van der Waals surface area (Å²) in [4.78, 5) is 6.72. The van der Waals surface area contributed by atoms with E-state index in [4.69, 9.17) is 14.2 Å². The zero-order valence-corrected chi connectivity index (χ0v) is 16.5. The molecule has 0 spiro atoms. The van der Waals surface area contributed by atoms with Gasteiger partial charge in [-0.25, -0.2) is 0 Å². The molecule has 0 heterocycles. The predicted octanol–water partition coefficient (Wildman–Crippen LogP) is 2.77. The number of hydrogen-bond donors (Lipinski definition) is 1. The van der Waals surface area contributed by atoms with E-state index < -0.39 is 0 Å². The maximum atomic E-state index is 5.60. The lowest BCUT2D eigenvalue weighted by atomic mass is 10.2. The van der Waals surface area contributed by atoms with Crippen LogP contribution in [0.3, 0.4) is 0 Å². The molecule has 0 unspecified atom stereocenters. The minimum absolute atomic E-state index is 0.544. The van der Waals surface area contributed by atoms with E-state index in [2.05, 4.69) is 36.0 Å². The Morgan fingerprint density at radius 3 is 2.60 bits per heavy atom. The number of methoxy groups -OCH3 is 2. The van der Waals surface area contributed by atoms with Gasteiger partial charge in [0.25, 0.3) is 0 Å². The fourth-order valence-electron chi connectivity index (χ4n) is 2.32. The van der Waals surface area contributed by atoms with Crippen molar-refractivity contribution in [3.8, 4) is 11.5 Å². The largest absolute Gasteiger partial charge is 0.497 e. The van der Waals surface area contributed by atoms with Crippen LogP contribution in [-0.4, -0.2) is 58.4 Å². The van der Waals surface area contributed by atoms with Gasteiger partial charge in [-0.1, -0.05) is 13.8 Å².